The molecule has 0 aromatic carbocycles. The zero-order chi connectivity index (χ0) is 10.8. The molecule has 0 bridgehead atoms. The molecule has 0 aliphatic heterocycles. The zero-order valence-electron chi connectivity index (χ0n) is 9.26. The van der Waals surface area contributed by atoms with Crippen LogP contribution in [-0.2, 0) is 11.8 Å². The van der Waals surface area contributed by atoms with Crippen LogP contribution < -0.4 is 5.73 Å². The van der Waals surface area contributed by atoms with Crippen molar-refractivity contribution < 1.29 is 0 Å². The number of anilines is 1. The Balaban J connectivity index is 2.82. The molecule has 1 heterocycles. The van der Waals surface area contributed by atoms with Crippen molar-refractivity contribution in [2.45, 2.75) is 32.6 Å². The topological polar surface area (TPSA) is 38.9 Å². The van der Waals surface area contributed by atoms with Gasteiger partial charge in [-0.05, 0) is 12.0 Å². The molecule has 0 atom stereocenters. The number of nitrogens with zero attached hydrogens (tertiary/aromatic N) is 1. The number of hydrogen-bond acceptors (Lipinski definition) is 4. The van der Waals surface area contributed by atoms with Crippen LogP contribution in [0.2, 0.25) is 0 Å². The predicted molar refractivity (Wildman–Crippen MR) is 67.3 cm³/mol. The number of hydrogen-bond donors (Lipinski definition) is 1. The van der Waals surface area contributed by atoms with Gasteiger partial charge < -0.3 is 5.73 Å². The van der Waals surface area contributed by atoms with Crippen LogP contribution in [0.3, 0.4) is 0 Å². The molecule has 4 heteroatoms. The molecular formula is C10H18N2S2. The Hall–Kier alpha value is -0.220. The number of nitrogens with two attached hydrogens (primary N) is 1. The molecule has 2 N–H and O–H groups in total. The summed E-state index contributed by atoms with van der Waals surface area (Å²) in [6.07, 6.45) is 3.09. The molecule has 1 aromatic rings. The number of thioether (sulfide) groups is 1. The molecule has 2 nitrogen and oxygen atoms in total. The third-order valence-electron chi connectivity index (χ3n) is 1.91. The summed E-state index contributed by atoms with van der Waals surface area (Å²) in [6, 6.07) is 0. The maximum Gasteiger partial charge on any atom is 0.109 e. The Morgan fingerprint density at radius 3 is 2.50 bits per heavy atom. The molecule has 80 valence electrons. The van der Waals surface area contributed by atoms with E-state index in [0.717, 1.165) is 27.9 Å². The van der Waals surface area contributed by atoms with Crippen molar-refractivity contribution in [3.63, 3.8) is 0 Å². The van der Waals surface area contributed by atoms with Crippen LogP contribution in [0.1, 0.15) is 31.5 Å². The Bertz CT molecular complexity index is 300. The number of thiazole rings is 1. The van der Waals surface area contributed by atoms with Crippen LogP contribution >= 0.6 is 23.1 Å². The highest BCUT2D eigenvalue weighted by molar-refractivity contribution is 7.98. The summed E-state index contributed by atoms with van der Waals surface area (Å²) in [5, 5.41) is 2.04. The van der Waals surface area contributed by atoms with Gasteiger partial charge in [0.15, 0.2) is 0 Å². The average Bonchev–Trinajstić information content (AvgIpc) is 2.43. The monoisotopic (exact) mass is 230 g/mol. The highest BCUT2D eigenvalue weighted by atomic mass is 32.2. The van der Waals surface area contributed by atoms with Crippen molar-refractivity contribution in [3.8, 4) is 0 Å². The van der Waals surface area contributed by atoms with Gasteiger partial charge in [-0.2, -0.15) is 11.8 Å². The molecular weight excluding hydrogens is 212 g/mol. The summed E-state index contributed by atoms with van der Waals surface area (Å²) < 4.78 is 0. The first-order chi connectivity index (χ1) is 6.45. The Morgan fingerprint density at radius 1 is 1.43 bits per heavy atom. The molecule has 0 spiro atoms. The molecule has 0 fully saturated rings. The summed E-state index contributed by atoms with van der Waals surface area (Å²) >= 11 is 3.46. The van der Waals surface area contributed by atoms with Gasteiger partial charge in [-0.25, -0.2) is 4.98 Å². The van der Waals surface area contributed by atoms with E-state index in [1.165, 1.54) is 0 Å². The SMILES string of the molecule is CSCCc1nc(C(C)(C)C)sc1N. The molecule has 0 unspecified atom stereocenters. The largest absolute Gasteiger partial charge is 0.389 e. The van der Waals surface area contributed by atoms with Gasteiger partial charge >= 0.3 is 0 Å². The lowest BCUT2D eigenvalue weighted by molar-refractivity contribution is 0.583. The lowest BCUT2D eigenvalue weighted by Gasteiger charge is -2.13. The van der Waals surface area contributed by atoms with Gasteiger partial charge in [-0.15, -0.1) is 11.3 Å². The first-order valence-corrected chi connectivity index (χ1v) is 6.90. The van der Waals surface area contributed by atoms with E-state index in [1.807, 2.05) is 11.8 Å². The molecule has 14 heavy (non-hydrogen) atoms. The Labute approximate surface area is 94.3 Å². The summed E-state index contributed by atoms with van der Waals surface area (Å²) in [6.45, 7) is 6.51. The quantitative estimate of drug-likeness (QED) is 0.867. The predicted octanol–water partition coefficient (Wildman–Crippen LogP) is 2.93. The van der Waals surface area contributed by atoms with Gasteiger partial charge in [0, 0.05) is 11.8 Å². The Kier molecular flexibility index (Phi) is 3.84. The normalized spacial score (nSPS) is 12.0. The van der Waals surface area contributed by atoms with Crippen molar-refractivity contribution >= 4 is 28.1 Å². The van der Waals surface area contributed by atoms with Gasteiger partial charge in [0.1, 0.15) is 10.0 Å². The van der Waals surface area contributed by atoms with Crippen molar-refractivity contribution in [2.24, 2.45) is 0 Å². The number of aromatic nitrogens is 1. The minimum atomic E-state index is 0.121. The standard InChI is InChI=1S/C10H18N2S2/c1-10(2,3)9-12-7(5-6-13-4)8(11)14-9/h5-6,11H2,1-4H3. The Morgan fingerprint density at radius 2 is 2.07 bits per heavy atom. The van der Waals surface area contributed by atoms with Crippen LogP contribution in [0.25, 0.3) is 0 Å². The van der Waals surface area contributed by atoms with Crippen LogP contribution in [-0.4, -0.2) is 17.0 Å². The fourth-order valence-electron chi connectivity index (χ4n) is 1.06. The minimum absolute atomic E-state index is 0.121. The van der Waals surface area contributed by atoms with E-state index >= 15 is 0 Å². The van der Waals surface area contributed by atoms with Crippen molar-refractivity contribution in [1.82, 2.24) is 4.98 Å². The average molecular weight is 230 g/mol. The van der Waals surface area contributed by atoms with E-state index in [0.29, 0.717) is 0 Å². The van der Waals surface area contributed by atoms with Crippen molar-refractivity contribution in [1.29, 1.82) is 0 Å². The number of rotatable bonds is 3. The lowest BCUT2D eigenvalue weighted by Crippen LogP contribution is -2.10. The van der Waals surface area contributed by atoms with Gasteiger partial charge in [0.2, 0.25) is 0 Å². The molecule has 0 amide bonds. The second-order valence-corrected chi connectivity index (χ2v) is 6.34. The highest BCUT2D eigenvalue weighted by Gasteiger charge is 2.20. The smallest absolute Gasteiger partial charge is 0.109 e. The fraction of sp³-hybridized carbons (Fsp3) is 0.700. The molecule has 1 rings (SSSR count). The van der Waals surface area contributed by atoms with E-state index in [-0.39, 0.29) is 5.41 Å². The van der Waals surface area contributed by atoms with E-state index in [1.54, 1.807) is 11.3 Å². The second kappa shape index (κ2) is 4.53. The molecule has 0 aliphatic rings. The molecule has 1 aromatic heterocycles. The van der Waals surface area contributed by atoms with Crippen molar-refractivity contribution in [3.05, 3.63) is 10.7 Å². The third-order valence-corrected chi connectivity index (χ3v) is 3.88. The molecule has 0 saturated heterocycles. The third kappa shape index (κ3) is 2.89. The summed E-state index contributed by atoms with van der Waals surface area (Å²) in [5.41, 5.74) is 7.13. The molecule has 0 saturated carbocycles. The van der Waals surface area contributed by atoms with Gasteiger partial charge in [0.05, 0.1) is 5.69 Å². The summed E-state index contributed by atoms with van der Waals surface area (Å²) in [5.74, 6) is 1.09. The van der Waals surface area contributed by atoms with Crippen molar-refractivity contribution in [2.75, 3.05) is 17.7 Å². The highest BCUT2D eigenvalue weighted by Crippen LogP contribution is 2.31. The van der Waals surface area contributed by atoms with Crippen LogP contribution in [0, 0.1) is 0 Å². The van der Waals surface area contributed by atoms with E-state index < -0.39 is 0 Å². The van der Waals surface area contributed by atoms with Crippen LogP contribution in [0.5, 0.6) is 0 Å². The van der Waals surface area contributed by atoms with Gasteiger partial charge in [-0.1, -0.05) is 20.8 Å². The van der Waals surface area contributed by atoms with Gasteiger partial charge in [0.25, 0.3) is 0 Å². The second-order valence-electron chi connectivity index (χ2n) is 4.32. The van der Waals surface area contributed by atoms with E-state index in [9.17, 15) is 0 Å². The summed E-state index contributed by atoms with van der Waals surface area (Å²) in [7, 11) is 0. The lowest BCUT2D eigenvalue weighted by atomic mass is 9.98. The minimum Gasteiger partial charge on any atom is -0.389 e. The fourth-order valence-corrected chi connectivity index (χ4v) is 2.40. The van der Waals surface area contributed by atoms with E-state index in [2.05, 4.69) is 32.0 Å². The number of nitrogen functional groups attached to an aromatic ring is 1. The molecule has 0 radical (unpaired) electrons. The van der Waals surface area contributed by atoms with Crippen LogP contribution in [0.4, 0.5) is 5.00 Å². The summed E-state index contributed by atoms with van der Waals surface area (Å²) in [4.78, 5) is 4.60. The van der Waals surface area contributed by atoms with E-state index in [4.69, 9.17) is 5.73 Å². The first-order valence-electron chi connectivity index (χ1n) is 4.69. The van der Waals surface area contributed by atoms with Gasteiger partial charge in [-0.3, -0.25) is 0 Å². The zero-order valence-corrected chi connectivity index (χ0v) is 10.9. The number of aryl methyl sites for hydroxylation is 1. The first kappa shape index (κ1) is 11.9. The van der Waals surface area contributed by atoms with Crippen LogP contribution in [0.15, 0.2) is 0 Å². The maximum atomic E-state index is 5.93. The molecule has 0 aliphatic carbocycles. The maximum absolute atomic E-state index is 5.93.